The predicted octanol–water partition coefficient (Wildman–Crippen LogP) is 4.60. The van der Waals surface area contributed by atoms with Crippen molar-refractivity contribution in [2.24, 2.45) is 0 Å². The molecule has 0 saturated carbocycles. The van der Waals surface area contributed by atoms with Crippen LogP contribution in [0.3, 0.4) is 0 Å². The SMILES string of the molecule is CCCCCNC(=S)Nc1c(CC)cc(C)cc1CC. The highest BCUT2D eigenvalue weighted by Gasteiger charge is 2.09. The van der Waals surface area contributed by atoms with Gasteiger partial charge < -0.3 is 10.6 Å². The van der Waals surface area contributed by atoms with Crippen LogP contribution in [0, 0.1) is 6.92 Å². The summed E-state index contributed by atoms with van der Waals surface area (Å²) >= 11 is 5.41. The molecule has 3 heteroatoms. The summed E-state index contributed by atoms with van der Waals surface area (Å²) < 4.78 is 0. The fourth-order valence-electron chi connectivity index (χ4n) is 2.39. The standard InChI is InChI=1S/C17H28N2S/c1-5-8-9-10-18-17(20)19-16-14(6-2)11-13(4)12-15(16)7-3/h11-12H,5-10H2,1-4H3,(H2,18,19,20). The third kappa shape index (κ3) is 5.12. The van der Waals surface area contributed by atoms with Gasteiger partial charge in [-0.3, -0.25) is 0 Å². The first-order valence-corrected chi connectivity index (χ1v) is 8.20. The highest BCUT2D eigenvalue weighted by atomic mass is 32.1. The monoisotopic (exact) mass is 292 g/mol. The zero-order valence-electron chi connectivity index (χ0n) is 13.3. The first-order chi connectivity index (χ1) is 9.62. The number of anilines is 1. The third-order valence-electron chi connectivity index (χ3n) is 3.51. The molecule has 0 spiro atoms. The van der Waals surface area contributed by atoms with Gasteiger partial charge in [0, 0.05) is 12.2 Å². The van der Waals surface area contributed by atoms with E-state index in [9.17, 15) is 0 Å². The minimum Gasteiger partial charge on any atom is -0.362 e. The molecule has 0 aliphatic rings. The van der Waals surface area contributed by atoms with Gasteiger partial charge >= 0.3 is 0 Å². The van der Waals surface area contributed by atoms with E-state index in [4.69, 9.17) is 12.2 Å². The van der Waals surface area contributed by atoms with Crippen molar-refractivity contribution in [1.29, 1.82) is 0 Å². The molecule has 0 saturated heterocycles. The molecule has 1 aromatic carbocycles. The number of unbranched alkanes of at least 4 members (excludes halogenated alkanes) is 2. The van der Waals surface area contributed by atoms with Gasteiger partial charge in [0.05, 0.1) is 0 Å². The number of hydrogen-bond acceptors (Lipinski definition) is 1. The van der Waals surface area contributed by atoms with Crippen LogP contribution in [0.1, 0.15) is 56.7 Å². The summed E-state index contributed by atoms with van der Waals surface area (Å²) in [6.07, 6.45) is 5.71. The fourth-order valence-corrected chi connectivity index (χ4v) is 2.60. The van der Waals surface area contributed by atoms with Gasteiger partial charge in [-0.05, 0) is 49.5 Å². The smallest absolute Gasteiger partial charge is 0.170 e. The lowest BCUT2D eigenvalue weighted by Gasteiger charge is -2.18. The summed E-state index contributed by atoms with van der Waals surface area (Å²) in [5, 5.41) is 7.45. The summed E-state index contributed by atoms with van der Waals surface area (Å²) in [6, 6.07) is 4.50. The summed E-state index contributed by atoms with van der Waals surface area (Å²) in [7, 11) is 0. The summed E-state index contributed by atoms with van der Waals surface area (Å²) in [4.78, 5) is 0. The van der Waals surface area contributed by atoms with E-state index in [-0.39, 0.29) is 0 Å². The van der Waals surface area contributed by atoms with Crippen LogP contribution in [0.4, 0.5) is 5.69 Å². The van der Waals surface area contributed by atoms with Gasteiger partial charge in [0.15, 0.2) is 5.11 Å². The Morgan fingerprint density at radius 1 is 1.05 bits per heavy atom. The van der Waals surface area contributed by atoms with Gasteiger partial charge in [0.2, 0.25) is 0 Å². The molecule has 112 valence electrons. The van der Waals surface area contributed by atoms with E-state index in [2.05, 4.69) is 50.5 Å². The zero-order valence-corrected chi connectivity index (χ0v) is 14.1. The Kier molecular flexibility index (Phi) is 7.60. The van der Waals surface area contributed by atoms with Crippen LogP contribution >= 0.6 is 12.2 Å². The molecule has 2 N–H and O–H groups in total. The van der Waals surface area contributed by atoms with Crippen molar-refractivity contribution in [1.82, 2.24) is 5.32 Å². The predicted molar refractivity (Wildman–Crippen MR) is 93.7 cm³/mol. The van der Waals surface area contributed by atoms with Gasteiger partial charge in [-0.1, -0.05) is 51.3 Å². The van der Waals surface area contributed by atoms with Gasteiger partial charge in [-0.25, -0.2) is 0 Å². The van der Waals surface area contributed by atoms with Crippen molar-refractivity contribution in [3.05, 3.63) is 28.8 Å². The molecule has 0 atom stereocenters. The van der Waals surface area contributed by atoms with Crippen LogP contribution < -0.4 is 10.6 Å². The number of rotatable bonds is 7. The van der Waals surface area contributed by atoms with Crippen LogP contribution in [-0.2, 0) is 12.8 Å². The summed E-state index contributed by atoms with van der Waals surface area (Å²) in [6.45, 7) is 9.70. The van der Waals surface area contributed by atoms with Crippen LogP contribution in [0.25, 0.3) is 0 Å². The third-order valence-corrected chi connectivity index (χ3v) is 3.76. The molecule has 1 rings (SSSR count). The quantitative estimate of drug-likeness (QED) is 0.567. The molecule has 20 heavy (non-hydrogen) atoms. The van der Waals surface area contributed by atoms with E-state index < -0.39 is 0 Å². The number of nitrogens with one attached hydrogen (secondary N) is 2. The molecule has 0 amide bonds. The first-order valence-electron chi connectivity index (χ1n) is 7.79. The molecule has 0 radical (unpaired) electrons. The maximum atomic E-state index is 5.41. The maximum absolute atomic E-state index is 5.41. The van der Waals surface area contributed by atoms with Gasteiger partial charge in [0.25, 0.3) is 0 Å². The van der Waals surface area contributed by atoms with E-state index >= 15 is 0 Å². The molecular weight excluding hydrogens is 264 g/mol. The Bertz CT molecular complexity index is 416. The number of benzene rings is 1. The molecular formula is C17H28N2S. The van der Waals surface area contributed by atoms with Crippen molar-refractivity contribution in [3.63, 3.8) is 0 Å². The van der Waals surface area contributed by atoms with Gasteiger partial charge in [0.1, 0.15) is 0 Å². The van der Waals surface area contributed by atoms with Crippen LogP contribution in [0.2, 0.25) is 0 Å². The molecule has 0 aromatic heterocycles. The number of aryl methyl sites for hydroxylation is 3. The lowest BCUT2D eigenvalue weighted by molar-refractivity contribution is 0.698. The largest absolute Gasteiger partial charge is 0.362 e. The second kappa shape index (κ2) is 8.96. The van der Waals surface area contributed by atoms with Crippen molar-refractivity contribution < 1.29 is 0 Å². The Labute approximate surface area is 129 Å². The normalized spacial score (nSPS) is 10.4. The Balaban J connectivity index is 2.72. The summed E-state index contributed by atoms with van der Waals surface area (Å²) in [5.74, 6) is 0. The van der Waals surface area contributed by atoms with E-state index in [1.807, 2.05) is 0 Å². The van der Waals surface area contributed by atoms with E-state index in [1.165, 1.54) is 41.6 Å². The highest BCUT2D eigenvalue weighted by Crippen LogP contribution is 2.24. The van der Waals surface area contributed by atoms with Crippen LogP contribution in [0.5, 0.6) is 0 Å². The second-order valence-electron chi connectivity index (χ2n) is 5.25. The molecule has 1 aromatic rings. The minimum atomic E-state index is 0.745. The molecule has 0 unspecified atom stereocenters. The van der Waals surface area contributed by atoms with E-state index in [0.717, 1.165) is 24.5 Å². The number of hydrogen-bond donors (Lipinski definition) is 2. The Morgan fingerprint density at radius 2 is 1.65 bits per heavy atom. The topological polar surface area (TPSA) is 24.1 Å². The van der Waals surface area contributed by atoms with Crippen molar-refractivity contribution >= 4 is 23.0 Å². The molecule has 2 nitrogen and oxygen atoms in total. The van der Waals surface area contributed by atoms with Gasteiger partial charge in [-0.15, -0.1) is 0 Å². The van der Waals surface area contributed by atoms with Crippen molar-refractivity contribution in [3.8, 4) is 0 Å². The molecule has 0 heterocycles. The Hall–Kier alpha value is -1.09. The fraction of sp³-hybridized carbons (Fsp3) is 0.588. The van der Waals surface area contributed by atoms with Crippen LogP contribution in [-0.4, -0.2) is 11.7 Å². The van der Waals surface area contributed by atoms with Gasteiger partial charge in [-0.2, -0.15) is 0 Å². The summed E-state index contributed by atoms with van der Waals surface area (Å²) in [5.41, 5.74) is 5.22. The second-order valence-corrected chi connectivity index (χ2v) is 5.66. The zero-order chi connectivity index (χ0) is 15.0. The number of thiocarbonyl (C=S) groups is 1. The lowest BCUT2D eigenvalue weighted by Crippen LogP contribution is -2.30. The van der Waals surface area contributed by atoms with Crippen molar-refractivity contribution in [2.75, 3.05) is 11.9 Å². The maximum Gasteiger partial charge on any atom is 0.170 e. The molecule has 0 aliphatic heterocycles. The lowest BCUT2D eigenvalue weighted by atomic mass is 10.00. The van der Waals surface area contributed by atoms with E-state index in [1.54, 1.807) is 0 Å². The van der Waals surface area contributed by atoms with E-state index in [0.29, 0.717) is 0 Å². The minimum absolute atomic E-state index is 0.745. The van der Waals surface area contributed by atoms with Crippen molar-refractivity contribution in [2.45, 2.75) is 59.8 Å². The molecule has 0 aliphatic carbocycles. The molecule has 0 bridgehead atoms. The first kappa shape index (κ1) is 17.0. The molecule has 0 fully saturated rings. The average molecular weight is 292 g/mol. The Morgan fingerprint density at radius 3 is 2.15 bits per heavy atom. The van der Waals surface area contributed by atoms with Crippen LogP contribution in [0.15, 0.2) is 12.1 Å². The average Bonchev–Trinajstić information content (AvgIpc) is 2.44. The highest BCUT2D eigenvalue weighted by molar-refractivity contribution is 7.80.